The minimum atomic E-state index is -4.89. The third-order valence-corrected chi connectivity index (χ3v) is 5.72. The summed E-state index contributed by atoms with van der Waals surface area (Å²) in [4.78, 5) is 23.4. The van der Waals surface area contributed by atoms with Crippen LogP contribution in [0.2, 0.25) is 0 Å². The summed E-state index contributed by atoms with van der Waals surface area (Å²) in [5.41, 5.74) is 0. The molecule has 0 saturated heterocycles. The van der Waals surface area contributed by atoms with Gasteiger partial charge in [0.15, 0.2) is 5.25 Å². The molecule has 1 atom stereocenters. The Kier molecular flexibility index (Phi) is 10.2. The summed E-state index contributed by atoms with van der Waals surface area (Å²) >= 11 is 0. The second kappa shape index (κ2) is 10.5. The molecule has 0 aliphatic carbocycles. The van der Waals surface area contributed by atoms with E-state index in [0.717, 1.165) is 0 Å². The highest BCUT2D eigenvalue weighted by Crippen LogP contribution is 2.29. The number of rotatable bonds is 12. The molecule has 0 rings (SSSR count). The highest BCUT2D eigenvalue weighted by atomic mass is 32.2. The smallest absolute Gasteiger partial charge is 0.327 e. The van der Waals surface area contributed by atoms with Crippen molar-refractivity contribution in [2.24, 2.45) is 0 Å². The van der Waals surface area contributed by atoms with Crippen LogP contribution >= 0.6 is 14.6 Å². The number of hydrogen-bond acceptors (Lipinski definition) is 8. The van der Waals surface area contributed by atoms with E-state index in [1.165, 1.54) is 26.7 Å². The van der Waals surface area contributed by atoms with Crippen molar-refractivity contribution < 1.29 is 41.2 Å². The van der Waals surface area contributed by atoms with E-state index >= 15 is 0 Å². The minimum absolute atomic E-state index is 0.0123. The lowest BCUT2D eigenvalue weighted by Gasteiger charge is -2.14. The second-order valence-corrected chi connectivity index (χ2v) is 13.7. The van der Waals surface area contributed by atoms with Gasteiger partial charge in [0.1, 0.15) is 27.8 Å². The molecule has 14 heteroatoms. The van der Waals surface area contributed by atoms with E-state index in [1.807, 2.05) is 0 Å². The first-order valence-corrected chi connectivity index (χ1v) is 14.2. The van der Waals surface area contributed by atoms with Crippen molar-refractivity contribution in [3.8, 4) is 0 Å². The topological polar surface area (TPSA) is 165 Å². The zero-order chi connectivity index (χ0) is 20.6. The van der Waals surface area contributed by atoms with Crippen LogP contribution in [-0.2, 0) is 38.3 Å². The molecule has 0 aromatic carbocycles. The summed E-state index contributed by atoms with van der Waals surface area (Å²) in [6.45, 7) is 5.47. The lowest BCUT2D eigenvalue weighted by molar-refractivity contribution is -0.149. The van der Waals surface area contributed by atoms with Gasteiger partial charge in [0.2, 0.25) is 0 Å². The number of carbonyl (C=O) groups is 2. The SMILES string of the molecule is CP(C)(=O)NCCOC(=O)CC(C(=O)OCCNP(C)(C)=O)S(=O)(=O)O. The van der Waals surface area contributed by atoms with E-state index in [-0.39, 0.29) is 26.3 Å². The van der Waals surface area contributed by atoms with Gasteiger partial charge in [-0.15, -0.1) is 0 Å². The van der Waals surface area contributed by atoms with E-state index in [4.69, 9.17) is 9.29 Å². The number of nitrogens with one attached hydrogen (secondary N) is 2. The molecule has 3 N–H and O–H groups in total. The van der Waals surface area contributed by atoms with Crippen LogP contribution in [0.1, 0.15) is 6.42 Å². The Balaban J connectivity index is 4.52. The maximum atomic E-state index is 11.8. The fourth-order valence-corrected chi connectivity index (χ4v) is 3.48. The van der Waals surface area contributed by atoms with Crippen LogP contribution < -0.4 is 10.2 Å². The third-order valence-electron chi connectivity index (χ3n) is 2.67. The predicted molar refractivity (Wildman–Crippen MR) is 96.8 cm³/mol. The Bertz CT molecular complexity index is 683. The van der Waals surface area contributed by atoms with Gasteiger partial charge in [-0.2, -0.15) is 8.42 Å². The maximum absolute atomic E-state index is 11.8. The first-order valence-electron chi connectivity index (χ1n) is 7.50. The van der Waals surface area contributed by atoms with Crippen molar-refractivity contribution in [1.29, 1.82) is 0 Å². The maximum Gasteiger partial charge on any atom is 0.327 e. The molecule has 0 aromatic heterocycles. The number of esters is 2. The van der Waals surface area contributed by atoms with Crippen LogP contribution in [0.25, 0.3) is 0 Å². The van der Waals surface area contributed by atoms with Crippen LogP contribution in [0.15, 0.2) is 0 Å². The van der Waals surface area contributed by atoms with Gasteiger partial charge in [-0.25, -0.2) is 0 Å². The average Bonchev–Trinajstić information content (AvgIpc) is 2.42. The van der Waals surface area contributed by atoms with Crippen molar-refractivity contribution in [3.05, 3.63) is 0 Å². The Morgan fingerprint density at radius 2 is 1.38 bits per heavy atom. The Morgan fingerprint density at radius 1 is 0.962 bits per heavy atom. The normalized spacial score (nSPS) is 13.9. The number of hydrogen-bond donors (Lipinski definition) is 3. The Morgan fingerprint density at radius 3 is 1.77 bits per heavy atom. The van der Waals surface area contributed by atoms with Gasteiger partial charge in [-0.3, -0.25) is 24.3 Å². The van der Waals surface area contributed by atoms with Crippen LogP contribution in [-0.4, -0.2) is 83.1 Å². The first-order chi connectivity index (χ1) is 11.6. The lowest BCUT2D eigenvalue weighted by Crippen LogP contribution is -2.35. The summed E-state index contributed by atoms with van der Waals surface area (Å²) < 4.78 is 63.9. The third kappa shape index (κ3) is 13.4. The second-order valence-electron chi connectivity index (χ2n) is 6.11. The van der Waals surface area contributed by atoms with Gasteiger partial charge in [-0.1, -0.05) is 0 Å². The molecule has 154 valence electrons. The molecule has 0 aromatic rings. The highest BCUT2D eigenvalue weighted by molar-refractivity contribution is 7.87. The van der Waals surface area contributed by atoms with Crippen LogP contribution in [0.5, 0.6) is 0 Å². The first kappa shape index (κ1) is 25.2. The number of ether oxygens (including phenoxy) is 2. The molecular weight excluding hydrogens is 410 g/mol. The molecule has 0 spiro atoms. The van der Waals surface area contributed by atoms with E-state index in [1.54, 1.807) is 0 Å². The Hall–Kier alpha value is -0.770. The van der Waals surface area contributed by atoms with Gasteiger partial charge in [0.05, 0.1) is 6.42 Å². The zero-order valence-electron chi connectivity index (χ0n) is 15.1. The fraction of sp³-hybridized carbons (Fsp3) is 0.833. The molecule has 0 aliphatic heterocycles. The van der Waals surface area contributed by atoms with E-state index in [2.05, 4.69) is 14.9 Å². The standard InChI is InChI=1S/C12H26N2O9P2S/c1-24(2,17)13-5-7-22-11(15)9-10(26(19,20)21)12(16)23-8-6-14-25(3,4)18/h10H,5-9H2,1-4H3,(H,13,17)(H,14,18)(H,19,20,21). The van der Waals surface area contributed by atoms with E-state index in [9.17, 15) is 27.1 Å². The van der Waals surface area contributed by atoms with Crippen LogP contribution in [0.4, 0.5) is 0 Å². The van der Waals surface area contributed by atoms with Gasteiger partial charge >= 0.3 is 11.9 Å². The highest BCUT2D eigenvalue weighted by Gasteiger charge is 2.35. The Labute approximate surface area is 153 Å². The predicted octanol–water partition coefficient (Wildman–Crippen LogP) is -0.0261. The van der Waals surface area contributed by atoms with Crippen LogP contribution in [0.3, 0.4) is 0 Å². The summed E-state index contributed by atoms with van der Waals surface area (Å²) in [5.74, 6) is -2.36. The fourth-order valence-electron chi connectivity index (χ4n) is 1.56. The van der Waals surface area contributed by atoms with E-state index in [0.29, 0.717) is 0 Å². The quantitative estimate of drug-likeness (QED) is 0.163. The minimum Gasteiger partial charge on any atom is -0.464 e. The zero-order valence-corrected chi connectivity index (χ0v) is 17.7. The van der Waals surface area contributed by atoms with E-state index < -0.39 is 48.3 Å². The molecule has 0 amide bonds. The lowest BCUT2D eigenvalue weighted by atomic mass is 10.3. The summed E-state index contributed by atoms with van der Waals surface area (Å²) in [7, 11) is -9.93. The molecular formula is C12H26N2O9P2S. The van der Waals surface area contributed by atoms with Gasteiger partial charge in [0, 0.05) is 39.7 Å². The van der Waals surface area contributed by atoms with Crippen molar-refractivity contribution in [2.45, 2.75) is 11.7 Å². The summed E-state index contributed by atoms with van der Waals surface area (Å²) in [6.07, 6.45) is -0.930. The van der Waals surface area contributed by atoms with Crippen molar-refractivity contribution in [2.75, 3.05) is 53.0 Å². The average molecular weight is 436 g/mol. The molecule has 0 aliphatic rings. The van der Waals surface area contributed by atoms with Crippen molar-refractivity contribution in [3.63, 3.8) is 0 Å². The van der Waals surface area contributed by atoms with Crippen LogP contribution in [0, 0.1) is 0 Å². The molecule has 11 nitrogen and oxygen atoms in total. The molecule has 0 bridgehead atoms. The van der Waals surface area contributed by atoms with Gasteiger partial charge in [-0.05, 0) is 0 Å². The summed E-state index contributed by atoms with van der Waals surface area (Å²) in [5, 5.41) is 3.08. The van der Waals surface area contributed by atoms with Crippen molar-refractivity contribution in [1.82, 2.24) is 10.2 Å². The summed E-state index contributed by atoms with van der Waals surface area (Å²) in [6, 6.07) is 0. The molecule has 0 saturated carbocycles. The van der Waals surface area contributed by atoms with Crippen molar-refractivity contribution >= 4 is 36.6 Å². The molecule has 26 heavy (non-hydrogen) atoms. The number of carbonyl (C=O) groups excluding carboxylic acids is 2. The van der Waals surface area contributed by atoms with Gasteiger partial charge < -0.3 is 18.6 Å². The molecule has 0 fully saturated rings. The molecule has 0 heterocycles. The molecule has 0 radical (unpaired) electrons. The largest absolute Gasteiger partial charge is 0.464 e. The monoisotopic (exact) mass is 436 g/mol. The van der Waals surface area contributed by atoms with Gasteiger partial charge in [0.25, 0.3) is 10.1 Å². The molecule has 1 unspecified atom stereocenters.